The maximum atomic E-state index is 13.2. The third-order valence-corrected chi connectivity index (χ3v) is 5.54. The minimum Gasteiger partial charge on any atom is -0.452 e. The Morgan fingerprint density at radius 1 is 1.07 bits per heavy atom. The Kier molecular flexibility index (Phi) is 7.07. The largest absolute Gasteiger partial charge is 0.452 e. The van der Waals surface area contributed by atoms with Gasteiger partial charge < -0.3 is 14.6 Å². The average molecular weight is 400 g/mol. The molecule has 3 rings (SSSR count). The molecule has 1 heterocycles. The molecule has 2 aromatic rings. The number of carbonyl (C=O) groups is 2. The minimum atomic E-state index is -0.528. The molecule has 6 heteroatoms. The number of carbonyl (C=O) groups excluding carboxylic acids is 2. The van der Waals surface area contributed by atoms with Crippen LogP contribution < -0.4 is 5.32 Å². The van der Waals surface area contributed by atoms with E-state index in [2.05, 4.69) is 5.32 Å². The predicted molar refractivity (Wildman–Crippen MR) is 110 cm³/mol. The van der Waals surface area contributed by atoms with Crippen LogP contribution in [0.25, 0.3) is 5.69 Å². The fraction of sp³-hybridized carbons (Fsp3) is 0.478. The molecule has 1 fully saturated rings. The quantitative estimate of drug-likeness (QED) is 0.745. The summed E-state index contributed by atoms with van der Waals surface area (Å²) in [6.45, 7) is 3.39. The van der Waals surface area contributed by atoms with E-state index in [-0.39, 0.29) is 24.4 Å². The Balaban J connectivity index is 1.60. The van der Waals surface area contributed by atoms with Gasteiger partial charge in [0.1, 0.15) is 5.82 Å². The molecule has 1 aromatic heterocycles. The van der Waals surface area contributed by atoms with E-state index in [1.807, 2.05) is 18.4 Å². The molecule has 156 valence electrons. The second kappa shape index (κ2) is 9.72. The van der Waals surface area contributed by atoms with Crippen molar-refractivity contribution < 1.29 is 18.7 Å². The molecule has 0 atom stereocenters. The monoisotopic (exact) mass is 400 g/mol. The van der Waals surface area contributed by atoms with Crippen molar-refractivity contribution in [2.75, 3.05) is 6.61 Å². The summed E-state index contributed by atoms with van der Waals surface area (Å²) in [4.78, 5) is 24.8. The first kappa shape index (κ1) is 21.1. The Hall–Kier alpha value is -2.63. The highest BCUT2D eigenvalue weighted by Crippen LogP contribution is 2.22. The maximum absolute atomic E-state index is 13.2. The average Bonchev–Trinajstić information content (AvgIpc) is 2.97. The highest BCUT2D eigenvalue weighted by molar-refractivity contribution is 5.93. The van der Waals surface area contributed by atoms with Crippen molar-refractivity contribution in [3.63, 3.8) is 0 Å². The Bertz CT molecular complexity index is 850. The molecule has 1 amide bonds. The van der Waals surface area contributed by atoms with Crippen molar-refractivity contribution in [1.29, 1.82) is 0 Å². The zero-order chi connectivity index (χ0) is 20.8. The predicted octanol–water partition coefficient (Wildman–Crippen LogP) is 4.62. The summed E-state index contributed by atoms with van der Waals surface area (Å²) < 4.78 is 20.3. The van der Waals surface area contributed by atoms with Gasteiger partial charge in [-0.2, -0.15) is 0 Å². The number of esters is 1. The number of rotatable bonds is 5. The first-order valence-electron chi connectivity index (χ1n) is 10.4. The SMILES string of the molecule is Cc1cc(C(=O)OCC(=O)NC2CCCCCCC2)c(C)n1-c1ccc(F)cc1. The van der Waals surface area contributed by atoms with Crippen molar-refractivity contribution in [3.05, 3.63) is 53.1 Å². The van der Waals surface area contributed by atoms with Gasteiger partial charge in [-0.15, -0.1) is 0 Å². The van der Waals surface area contributed by atoms with Crippen molar-refractivity contribution >= 4 is 11.9 Å². The van der Waals surface area contributed by atoms with Gasteiger partial charge in [0.05, 0.1) is 5.56 Å². The van der Waals surface area contributed by atoms with Gasteiger partial charge >= 0.3 is 5.97 Å². The second-order valence-electron chi connectivity index (χ2n) is 7.78. The number of ether oxygens (including phenoxy) is 1. The highest BCUT2D eigenvalue weighted by atomic mass is 19.1. The number of nitrogens with one attached hydrogen (secondary N) is 1. The molecular formula is C23H29FN2O3. The molecule has 1 aromatic carbocycles. The molecule has 1 aliphatic carbocycles. The summed E-state index contributed by atoms with van der Waals surface area (Å²) in [5, 5.41) is 3.00. The number of benzene rings is 1. The van der Waals surface area contributed by atoms with Gasteiger partial charge in [-0.25, -0.2) is 9.18 Å². The zero-order valence-electron chi connectivity index (χ0n) is 17.2. The van der Waals surface area contributed by atoms with Gasteiger partial charge in [-0.3, -0.25) is 4.79 Å². The van der Waals surface area contributed by atoms with Gasteiger partial charge in [0.2, 0.25) is 0 Å². The normalized spacial score (nSPS) is 15.4. The van der Waals surface area contributed by atoms with Crippen LogP contribution in [0.15, 0.2) is 30.3 Å². The van der Waals surface area contributed by atoms with Crippen LogP contribution in [0.2, 0.25) is 0 Å². The van der Waals surface area contributed by atoms with Crippen molar-refractivity contribution in [3.8, 4) is 5.69 Å². The van der Waals surface area contributed by atoms with Crippen LogP contribution in [0.5, 0.6) is 0 Å². The summed E-state index contributed by atoms with van der Waals surface area (Å²) in [5.74, 6) is -1.10. The molecule has 0 aliphatic heterocycles. The molecule has 1 N–H and O–H groups in total. The summed E-state index contributed by atoms with van der Waals surface area (Å²) in [6, 6.07) is 7.98. The number of nitrogens with zero attached hydrogens (tertiary/aromatic N) is 1. The molecule has 0 spiro atoms. The lowest BCUT2D eigenvalue weighted by atomic mass is 9.97. The van der Waals surface area contributed by atoms with E-state index >= 15 is 0 Å². The minimum absolute atomic E-state index is 0.171. The van der Waals surface area contributed by atoms with Gasteiger partial charge in [0, 0.05) is 23.1 Å². The van der Waals surface area contributed by atoms with E-state index in [0.29, 0.717) is 11.3 Å². The summed E-state index contributed by atoms with van der Waals surface area (Å²) in [5.41, 5.74) is 2.70. The number of hydrogen-bond acceptors (Lipinski definition) is 3. The Morgan fingerprint density at radius 3 is 2.34 bits per heavy atom. The number of aromatic nitrogens is 1. The Labute approximate surface area is 171 Å². The lowest BCUT2D eigenvalue weighted by Gasteiger charge is -2.20. The van der Waals surface area contributed by atoms with Crippen LogP contribution in [0.1, 0.15) is 66.7 Å². The van der Waals surface area contributed by atoms with E-state index in [1.54, 1.807) is 18.2 Å². The molecule has 29 heavy (non-hydrogen) atoms. The smallest absolute Gasteiger partial charge is 0.340 e. The lowest BCUT2D eigenvalue weighted by molar-refractivity contribution is -0.125. The van der Waals surface area contributed by atoms with Gasteiger partial charge in [0.25, 0.3) is 5.91 Å². The van der Waals surface area contributed by atoms with Crippen LogP contribution in [-0.4, -0.2) is 29.1 Å². The Morgan fingerprint density at radius 2 is 1.69 bits per heavy atom. The van der Waals surface area contributed by atoms with Crippen LogP contribution in [0.3, 0.4) is 0 Å². The fourth-order valence-electron chi connectivity index (χ4n) is 4.04. The van der Waals surface area contributed by atoms with Crippen LogP contribution in [0.4, 0.5) is 4.39 Å². The first-order valence-corrected chi connectivity index (χ1v) is 10.4. The van der Waals surface area contributed by atoms with Crippen molar-refractivity contribution in [2.45, 2.75) is 64.8 Å². The first-order chi connectivity index (χ1) is 14.0. The standard InChI is InChI=1S/C23H29FN2O3/c1-16-14-21(17(2)26(16)20-12-10-18(24)11-13-20)23(28)29-15-22(27)25-19-8-6-4-3-5-7-9-19/h10-14,19H,3-9,15H2,1-2H3,(H,25,27). The number of halogens is 1. The molecular weight excluding hydrogens is 371 g/mol. The maximum Gasteiger partial charge on any atom is 0.340 e. The van der Waals surface area contributed by atoms with E-state index < -0.39 is 5.97 Å². The van der Waals surface area contributed by atoms with E-state index in [0.717, 1.165) is 37.1 Å². The van der Waals surface area contributed by atoms with E-state index in [9.17, 15) is 14.0 Å². The van der Waals surface area contributed by atoms with Crippen LogP contribution in [-0.2, 0) is 9.53 Å². The molecule has 0 radical (unpaired) electrons. The number of aryl methyl sites for hydroxylation is 1. The van der Waals surface area contributed by atoms with E-state index in [4.69, 9.17) is 4.74 Å². The molecule has 0 bridgehead atoms. The van der Waals surface area contributed by atoms with Crippen molar-refractivity contribution in [2.24, 2.45) is 0 Å². The van der Waals surface area contributed by atoms with Gasteiger partial charge in [-0.05, 0) is 57.0 Å². The lowest BCUT2D eigenvalue weighted by Crippen LogP contribution is -2.38. The second-order valence-corrected chi connectivity index (χ2v) is 7.78. The third-order valence-electron chi connectivity index (χ3n) is 5.54. The van der Waals surface area contributed by atoms with E-state index in [1.165, 1.54) is 31.4 Å². The third kappa shape index (κ3) is 5.46. The molecule has 1 aliphatic rings. The molecule has 0 saturated heterocycles. The number of hydrogen-bond donors (Lipinski definition) is 1. The van der Waals surface area contributed by atoms with Gasteiger partial charge in [-0.1, -0.05) is 32.1 Å². The van der Waals surface area contributed by atoms with Gasteiger partial charge in [0.15, 0.2) is 6.61 Å². The molecule has 5 nitrogen and oxygen atoms in total. The van der Waals surface area contributed by atoms with Crippen LogP contribution in [0, 0.1) is 19.7 Å². The topological polar surface area (TPSA) is 60.3 Å². The molecule has 0 unspecified atom stereocenters. The molecule has 1 saturated carbocycles. The number of amides is 1. The fourth-order valence-corrected chi connectivity index (χ4v) is 4.04. The summed E-state index contributed by atoms with van der Waals surface area (Å²) >= 11 is 0. The highest BCUT2D eigenvalue weighted by Gasteiger charge is 2.20. The summed E-state index contributed by atoms with van der Waals surface area (Å²) in [7, 11) is 0. The summed E-state index contributed by atoms with van der Waals surface area (Å²) in [6.07, 6.45) is 7.92. The van der Waals surface area contributed by atoms with Crippen molar-refractivity contribution in [1.82, 2.24) is 9.88 Å². The zero-order valence-corrected chi connectivity index (χ0v) is 17.2. The van der Waals surface area contributed by atoms with Crippen LogP contribution >= 0.6 is 0 Å².